The predicted octanol–water partition coefficient (Wildman–Crippen LogP) is 6.11. The number of methoxy groups -OCH3 is 2. The number of ether oxygens (including phenoxy) is 2. The molecule has 0 saturated carbocycles. The molecule has 4 rings (SSSR count). The average molecular weight is 551 g/mol. The molecule has 0 aliphatic rings. The largest absolute Gasteiger partial charge is 0.497 e. The van der Waals surface area contributed by atoms with Crippen LogP contribution in [-0.4, -0.2) is 41.1 Å². The van der Waals surface area contributed by atoms with Gasteiger partial charge in [-0.15, -0.1) is 10.2 Å². The number of nitrogens with zero attached hydrogens (tertiary/aromatic N) is 3. The summed E-state index contributed by atoms with van der Waals surface area (Å²) in [4.78, 5) is 17.1. The molecule has 0 spiro atoms. The summed E-state index contributed by atoms with van der Waals surface area (Å²) in [7, 11) is 3.26. The van der Waals surface area contributed by atoms with E-state index in [-0.39, 0.29) is 5.91 Å². The first-order valence-corrected chi connectivity index (χ1v) is 12.6. The van der Waals surface area contributed by atoms with Gasteiger partial charge in [-0.2, -0.15) is 0 Å². The second kappa shape index (κ2) is 11.8. The smallest absolute Gasteiger partial charge is 0.225 e. The van der Waals surface area contributed by atoms with Crippen LogP contribution >= 0.6 is 27.7 Å². The molecule has 178 valence electrons. The molecule has 0 bridgehead atoms. The van der Waals surface area contributed by atoms with Crippen LogP contribution in [0.4, 0.5) is 5.69 Å². The molecule has 0 radical (unpaired) electrons. The van der Waals surface area contributed by atoms with Crippen LogP contribution < -0.4 is 14.8 Å². The van der Waals surface area contributed by atoms with Crippen molar-refractivity contribution in [1.29, 1.82) is 0 Å². The van der Waals surface area contributed by atoms with Crippen LogP contribution in [0.15, 0.2) is 82.4 Å². The van der Waals surface area contributed by atoms with Crippen molar-refractivity contribution in [3.05, 3.63) is 77.3 Å². The van der Waals surface area contributed by atoms with Gasteiger partial charge in [0.25, 0.3) is 0 Å². The molecule has 35 heavy (non-hydrogen) atoms. The minimum absolute atomic E-state index is 0.0713. The fraction of sp³-hybridized carbons (Fsp3) is 0.154. The van der Waals surface area contributed by atoms with Gasteiger partial charge >= 0.3 is 0 Å². The average Bonchev–Trinajstić information content (AvgIpc) is 2.90. The predicted molar refractivity (Wildman–Crippen MR) is 142 cm³/mol. The molecule has 1 heterocycles. The number of anilines is 1. The number of carbonyl (C=O) groups excluding carboxylic acids is 1. The summed E-state index contributed by atoms with van der Waals surface area (Å²) in [6.45, 7) is 0. The van der Waals surface area contributed by atoms with E-state index in [9.17, 15) is 4.79 Å². The van der Waals surface area contributed by atoms with Gasteiger partial charge in [0.1, 0.15) is 22.9 Å². The maximum Gasteiger partial charge on any atom is 0.225 e. The number of thioether (sulfide) groups is 1. The lowest BCUT2D eigenvalue weighted by Gasteiger charge is -2.11. The second-order valence-electron chi connectivity index (χ2n) is 7.40. The molecule has 1 N–H and O–H groups in total. The number of carbonyl (C=O) groups is 1. The van der Waals surface area contributed by atoms with Crippen molar-refractivity contribution in [3.8, 4) is 34.0 Å². The molecule has 1 amide bonds. The van der Waals surface area contributed by atoms with E-state index in [1.807, 2.05) is 72.8 Å². The number of hydrogen-bond acceptors (Lipinski definition) is 7. The number of amides is 1. The highest BCUT2D eigenvalue weighted by Crippen LogP contribution is 2.32. The van der Waals surface area contributed by atoms with Crippen LogP contribution in [-0.2, 0) is 4.79 Å². The van der Waals surface area contributed by atoms with Gasteiger partial charge < -0.3 is 14.8 Å². The fourth-order valence-electron chi connectivity index (χ4n) is 3.26. The lowest BCUT2D eigenvalue weighted by molar-refractivity contribution is -0.115. The van der Waals surface area contributed by atoms with E-state index in [4.69, 9.17) is 14.5 Å². The topological polar surface area (TPSA) is 86.2 Å². The van der Waals surface area contributed by atoms with E-state index >= 15 is 0 Å². The Labute approximate surface area is 216 Å². The zero-order valence-corrected chi connectivity index (χ0v) is 21.6. The third-order valence-electron chi connectivity index (χ3n) is 5.08. The Hall–Kier alpha value is -3.43. The quantitative estimate of drug-likeness (QED) is 0.252. The summed E-state index contributed by atoms with van der Waals surface area (Å²) in [6, 6.07) is 22.7. The molecule has 0 aliphatic carbocycles. The highest BCUT2D eigenvalue weighted by Gasteiger charge is 2.15. The van der Waals surface area contributed by atoms with E-state index in [0.717, 1.165) is 32.8 Å². The molecule has 1 aromatic heterocycles. The van der Waals surface area contributed by atoms with Crippen molar-refractivity contribution in [1.82, 2.24) is 15.2 Å². The SMILES string of the molecule is COc1ccc(-c2nnc(SCCC(=O)Nc3ccc(Br)cc3)nc2-c2ccc(OC)cc2)cc1. The van der Waals surface area contributed by atoms with Gasteiger partial charge in [0.15, 0.2) is 0 Å². The number of nitrogens with one attached hydrogen (secondary N) is 1. The van der Waals surface area contributed by atoms with E-state index in [1.165, 1.54) is 11.8 Å². The van der Waals surface area contributed by atoms with E-state index < -0.39 is 0 Å². The summed E-state index contributed by atoms with van der Waals surface area (Å²) >= 11 is 4.78. The zero-order valence-electron chi connectivity index (χ0n) is 19.2. The Bertz CT molecular complexity index is 1280. The van der Waals surface area contributed by atoms with E-state index in [0.29, 0.717) is 28.7 Å². The Morgan fingerprint density at radius 2 is 1.40 bits per heavy atom. The Morgan fingerprint density at radius 3 is 1.97 bits per heavy atom. The molecule has 4 aromatic rings. The lowest BCUT2D eigenvalue weighted by Crippen LogP contribution is -2.12. The molecule has 7 nitrogen and oxygen atoms in total. The van der Waals surface area contributed by atoms with Crippen molar-refractivity contribution in [2.24, 2.45) is 0 Å². The van der Waals surface area contributed by atoms with Crippen LogP contribution in [0.1, 0.15) is 6.42 Å². The zero-order chi connectivity index (χ0) is 24.6. The first kappa shape index (κ1) is 24.7. The van der Waals surface area contributed by atoms with Crippen LogP contribution in [0.2, 0.25) is 0 Å². The molecule has 0 aliphatic heterocycles. The highest BCUT2D eigenvalue weighted by molar-refractivity contribution is 9.10. The summed E-state index contributed by atoms with van der Waals surface area (Å²) in [5, 5.41) is 12.2. The van der Waals surface area contributed by atoms with Gasteiger partial charge in [0.2, 0.25) is 11.1 Å². The van der Waals surface area contributed by atoms with Crippen molar-refractivity contribution in [2.75, 3.05) is 25.3 Å². The molecule has 0 unspecified atom stereocenters. The monoisotopic (exact) mass is 550 g/mol. The highest BCUT2D eigenvalue weighted by atomic mass is 79.9. The van der Waals surface area contributed by atoms with Crippen molar-refractivity contribution in [2.45, 2.75) is 11.6 Å². The molecule has 9 heteroatoms. The van der Waals surface area contributed by atoms with Crippen LogP contribution in [0.5, 0.6) is 11.5 Å². The van der Waals surface area contributed by atoms with Gasteiger partial charge in [-0.25, -0.2) is 4.98 Å². The number of rotatable bonds is 9. The number of benzene rings is 3. The Balaban J connectivity index is 1.51. The maximum atomic E-state index is 12.3. The third kappa shape index (κ3) is 6.58. The van der Waals surface area contributed by atoms with Gasteiger partial charge in [-0.1, -0.05) is 27.7 Å². The number of hydrogen-bond donors (Lipinski definition) is 1. The fourth-order valence-corrected chi connectivity index (χ4v) is 4.25. The number of halogens is 1. The maximum absolute atomic E-state index is 12.3. The van der Waals surface area contributed by atoms with Crippen LogP contribution in [0.25, 0.3) is 22.5 Å². The minimum atomic E-state index is -0.0713. The van der Waals surface area contributed by atoms with Crippen molar-refractivity contribution >= 4 is 39.3 Å². The minimum Gasteiger partial charge on any atom is -0.497 e. The summed E-state index contributed by atoms with van der Waals surface area (Å²) < 4.78 is 11.5. The van der Waals surface area contributed by atoms with Gasteiger partial charge in [0, 0.05) is 33.5 Å². The molecular formula is C26H23BrN4O3S. The third-order valence-corrected chi connectivity index (χ3v) is 6.45. The first-order chi connectivity index (χ1) is 17.1. The van der Waals surface area contributed by atoms with E-state index in [2.05, 4.69) is 31.4 Å². The summed E-state index contributed by atoms with van der Waals surface area (Å²) in [5.41, 5.74) is 3.89. The first-order valence-electron chi connectivity index (χ1n) is 10.8. The molecule has 3 aromatic carbocycles. The lowest BCUT2D eigenvalue weighted by atomic mass is 10.0. The Morgan fingerprint density at radius 1 is 0.829 bits per heavy atom. The summed E-state index contributed by atoms with van der Waals surface area (Å²) in [6.07, 6.45) is 0.322. The van der Waals surface area contributed by atoms with Crippen LogP contribution in [0, 0.1) is 0 Å². The normalized spacial score (nSPS) is 10.6. The summed E-state index contributed by atoms with van der Waals surface area (Å²) in [5.74, 6) is 1.97. The molecule has 0 fully saturated rings. The van der Waals surface area contributed by atoms with E-state index in [1.54, 1.807) is 14.2 Å². The molecular weight excluding hydrogens is 528 g/mol. The molecule has 0 saturated heterocycles. The standard InChI is InChI=1S/C26H23BrN4O3S/c1-33-21-11-3-17(4-12-21)24-25(18-5-13-22(34-2)14-6-18)30-31-26(29-24)35-16-15-23(32)28-20-9-7-19(27)8-10-20/h3-14H,15-16H2,1-2H3,(H,28,32). The van der Waals surface area contributed by atoms with Gasteiger partial charge in [-0.05, 0) is 72.8 Å². The van der Waals surface area contributed by atoms with Crippen molar-refractivity contribution < 1.29 is 14.3 Å². The van der Waals surface area contributed by atoms with Crippen molar-refractivity contribution in [3.63, 3.8) is 0 Å². The second-order valence-corrected chi connectivity index (χ2v) is 9.38. The van der Waals surface area contributed by atoms with Gasteiger partial charge in [-0.3, -0.25) is 4.79 Å². The molecule has 0 atom stereocenters. The van der Waals surface area contributed by atoms with Gasteiger partial charge in [0.05, 0.1) is 14.2 Å². The Kier molecular flexibility index (Phi) is 8.33. The van der Waals surface area contributed by atoms with Crippen LogP contribution in [0.3, 0.4) is 0 Å². The number of aromatic nitrogens is 3.